The third kappa shape index (κ3) is 2.59. The molecular formula is C27H17BrN2. The molecule has 0 saturated heterocycles. The topological polar surface area (TPSA) is 17.8 Å². The molecule has 0 atom stereocenters. The van der Waals surface area contributed by atoms with Gasteiger partial charge in [-0.3, -0.25) is 4.98 Å². The van der Waals surface area contributed by atoms with Crippen LogP contribution in [0.3, 0.4) is 0 Å². The molecule has 6 rings (SSSR count). The summed E-state index contributed by atoms with van der Waals surface area (Å²) in [4.78, 5) is 4.68. The van der Waals surface area contributed by atoms with E-state index in [9.17, 15) is 0 Å². The Morgan fingerprint density at radius 3 is 2.30 bits per heavy atom. The second-order valence-electron chi connectivity index (χ2n) is 7.41. The van der Waals surface area contributed by atoms with Crippen LogP contribution in [0, 0.1) is 0 Å². The van der Waals surface area contributed by atoms with E-state index >= 15 is 0 Å². The van der Waals surface area contributed by atoms with Crippen LogP contribution < -0.4 is 0 Å². The van der Waals surface area contributed by atoms with E-state index in [0.717, 1.165) is 20.9 Å². The Kier molecular flexibility index (Phi) is 3.96. The second kappa shape index (κ2) is 6.82. The number of benzene rings is 4. The van der Waals surface area contributed by atoms with Gasteiger partial charge < -0.3 is 4.57 Å². The summed E-state index contributed by atoms with van der Waals surface area (Å²) in [6, 6.07) is 34.3. The Labute approximate surface area is 182 Å². The fourth-order valence-corrected chi connectivity index (χ4v) is 4.82. The standard InChI is InChI=1S/C27H17BrN2/c28-24-15-14-20(27-23(24)10-6-16-29-27)18-12-13-22-21-9-4-5-11-25(21)30(26(22)17-18)19-7-2-1-3-8-19/h1-17H. The highest BCUT2D eigenvalue weighted by molar-refractivity contribution is 9.10. The molecule has 0 saturated carbocycles. The fraction of sp³-hybridized carbons (Fsp3) is 0. The molecular weight excluding hydrogens is 432 g/mol. The number of hydrogen-bond donors (Lipinski definition) is 0. The minimum Gasteiger partial charge on any atom is -0.309 e. The zero-order chi connectivity index (χ0) is 20.1. The monoisotopic (exact) mass is 448 g/mol. The number of halogens is 1. The molecule has 0 unspecified atom stereocenters. The number of pyridine rings is 1. The highest BCUT2D eigenvalue weighted by atomic mass is 79.9. The van der Waals surface area contributed by atoms with E-state index in [1.807, 2.05) is 12.3 Å². The van der Waals surface area contributed by atoms with Gasteiger partial charge in [0, 0.05) is 38.1 Å². The molecule has 0 radical (unpaired) electrons. The third-order valence-electron chi connectivity index (χ3n) is 5.72. The quantitative estimate of drug-likeness (QED) is 0.264. The Hall–Kier alpha value is -3.43. The van der Waals surface area contributed by atoms with E-state index in [0.29, 0.717) is 0 Å². The zero-order valence-corrected chi connectivity index (χ0v) is 17.7. The van der Waals surface area contributed by atoms with Gasteiger partial charge in [0.1, 0.15) is 0 Å². The Morgan fingerprint density at radius 1 is 0.633 bits per heavy atom. The summed E-state index contributed by atoms with van der Waals surface area (Å²) in [6.07, 6.45) is 1.86. The molecule has 30 heavy (non-hydrogen) atoms. The molecule has 2 heterocycles. The predicted octanol–water partition coefficient (Wildman–Crippen LogP) is 7.76. The van der Waals surface area contributed by atoms with Crippen molar-refractivity contribution in [3.63, 3.8) is 0 Å². The molecule has 0 aliphatic carbocycles. The van der Waals surface area contributed by atoms with Gasteiger partial charge in [-0.15, -0.1) is 0 Å². The number of aromatic nitrogens is 2. The lowest BCUT2D eigenvalue weighted by Gasteiger charge is -2.10. The maximum atomic E-state index is 4.68. The fourth-order valence-electron chi connectivity index (χ4n) is 4.36. The lowest BCUT2D eigenvalue weighted by molar-refractivity contribution is 1.18. The number of nitrogens with zero attached hydrogens (tertiary/aromatic N) is 2. The first-order valence-corrected chi connectivity index (χ1v) is 10.7. The molecule has 0 aliphatic rings. The lowest BCUT2D eigenvalue weighted by atomic mass is 10.0. The Balaban J connectivity index is 1.70. The summed E-state index contributed by atoms with van der Waals surface area (Å²) in [5, 5.41) is 3.65. The SMILES string of the molecule is Brc1ccc(-c2ccc3c4ccccc4n(-c4ccccc4)c3c2)c2ncccc12. The second-order valence-corrected chi connectivity index (χ2v) is 8.27. The predicted molar refractivity (Wildman–Crippen MR) is 129 cm³/mol. The van der Waals surface area contributed by atoms with Gasteiger partial charge in [-0.2, -0.15) is 0 Å². The van der Waals surface area contributed by atoms with Gasteiger partial charge >= 0.3 is 0 Å². The molecule has 142 valence electrons. The van der Waals surface area contributed by atoms with Crippen LogP contribution in [0.4, 0.5) is 0 Å². The molecule has 0 bridgehead atoms. The van der Waals surface area contributed by atoms with Crippen LogP contribution in [0.5, 0.6) is 0 Å². The summed E-state index contributed by atoms with van der Waals surface area (Å²) in [6.45, 7) is 0. The molecule has 2 nitrogen and oxygen atoms in total. The van der Waals surface area contributed by atoms with Gasteiger partial charge in [0.25, 0.3) is 0 Å². The normalized spacial score (nSPS) is 11.5. The summed E-state index contributed by atoms with van der Waals surface area (Å²) in [5.74, 6) is 0. The molecule has 0 fully saturated rings. The van der Waals surface area contributed by atoms with Gasteiger partial charge in [-0.25, -0.2) is 0 Å². The maximum Gasteiger partial charge on any atom is 0.0791 e. The van der Waals surface area contributed by atoms with Crippen molar-refractivity contribution >= 4 is 48.6 Å². The van der Waals surface area contributed by atoms with Gasteiger partial charge in [0.15, 0.2) is 0 Å². The van der Waals surface area contributed by atoms with Crippen LogP contribution in [-0.4, -0.2) is 9.55 Å². The Morgan fingerprint density at radius 2 is 1.40 bits per heavy atom. The molecule has 0 N–H and O–H groups in total. The van der Waals surface area contributed by atoms with Crippen LogP contribution in [-0.2, 0) is 0 Å². The smallest absolute Gasteiger partial charge is 0.0791 e. The van der Waals surface area contributed by atoms with E-state index < -0.39 is 0 Å². The molecule has 4 aromatic carbocycles. The summed E-state index contributed by atoms with van der Waals surface area (Å²) < 4.78 is 3.41. The first-order valence-electron chi connectivity index (χ1n) is 9.93. The van der Waals surface area contributed by atoms with E-state index in [1.165, 1.54) is 33.1 Å². The summed E-state index contributed by atoms with van der Waals surface area (Å²) in [7, 11) is 0. The van der Waals surface area contributed by atoms with Crippen LogP contribution in [0.2, 0.25) is 0 Å². The number of hydrogen-bond acceptors (Lipinski definition) is 1. The van der Waals surface area contributed by atoms with Gasteiger partial charge in [0.2, 0.25) is 0 Å². The van der Waals surface area contributed by atoms with Crippen molar-refractivity contribution in [1.29, 1.82) is 0 Å². The average molecular weight is 449 g/mol. The number of fused-ring (bicyclic) bond motifs is 4. The first-order chi connectivity index (χ1) is 14.8. The molecule has 0 amide bonds. The average Bonchev–Trinajstić information content (AvgIpc) is 3.14. The third-order valence-corrected chi connectivity index (χ3v) is 6.41. The van der Waals surface area contributed by atoms with Crippen LogP contribution in [0.25, 0.3) is 49.5 Å². The number of rotatable bonds is 2. The zero-order valence-electron chi connectivity index (χ0n) is 16.1. The van der Waals surface area contributed by atoms with Crippen molar-refractivity contribution < 1.29 is 0 Å². The first kappa shape index (κ1) is 17.4. The van der Waals surface area contributed by atoms with Crippen LogP contribution in [0.15, 0.2) is 108 Å². The van der Waals surface area contributed by atoms with Crippen LogP contribution >= 0.6 is 15.9 Å². The maximum absolute atomic E-state index is 4.68. The summed E-state index contributed by atoms with van der Waals surface area (Å²) >= 11 is 3.66. The largest absolute Gasteiger partial charge is 0.309 e. The highest BCUT2D eigenvalue weighted by Crippen LogP contribution is 2.37. The molecule has 0 aliphatic heterocycles. The van der Waals surface area contributed by atoms with Gasteiger partial charge in [-0.05, 0) is 42.0 Å². The van der Waals surface area contributed by atoms with E-state index in [-0.39, 0.29) is 0 Å². The molecule has 0 spiro atoms. The van der Waals surface area contributed by atoms with Crippen molar-refractivity contribution in [2.24, 2.45) is 0 Å². The van der Waals surface area contributed by atoms with Crippen molar-refractivity contribution in [2.45, 2.75) is 0 Å². The van der Waals surface area contributed by atoms with E-state index in [1.54, 1.807) is 0 Å². The number of para-hydroxylation sites is 2. The summed E-state index contributed by atoms with van der Waals surface area (Å²) in [5.41, 5.74) is 6.90. The van der Waals surface area contributed by atoms with Crippen molar-refractivity contribution in [1.82, 2.24) is 9.55 Å². The lowest BCUT2D eigenvalue weighted by Crippen LogP contribution is -1.93. The minimum atomic E-state index is 1.01. The van der Waals surface area contributed by atoms with Crippen LogP contribution in [0.1, 0.15) is 0 Å². The molecule has 2 aromatic heterocycles. The van der Waals surface area contributed by atoms with E-state index in [2.05, 4.69) is 116 Å². The van der Waals surface area contributed by atoms with Crippen molar-refractivity contribution in [3.8, 4) is 16.8 Å². The molecule has 3 heteroatoms. The van der Waals surface area contributed by atoms with Gasteiger partial charge in [-0.1, -0.05) is 76.6 Å². The highest BCUT2D eigenvalue weighted by Gasteiger charge is 2.14. The van der Waals surface area contributed by atoms with Crippen molar-refractivity contribution in [3.05, 3.63) is 108 Å². The Bertz CT molecular complexity index is 1550. The van der Waals surface area contributed by atoms with Crippen molar-refractivity contribution in [2.75, 3.05) is 0 Å². The molecule has 6 aromatic rings. The van der Waals surface area contributed by atoms with Gasteiger partial charge in [0.05, 0.1) is 16.6 Å². The van der Waals surface area contributed by atoms with E-state index in [4.69, 9.17) is 0 Å². The minimum absolute atomic E-state index is 1.01.